The van der Waals surface area contributed by atoms with Crippen LogP contribution in [0.2, 0.25) is 0 Å². The minimum Gasteiger partial charge on any atom is -0.398 e. The van der Waals surface area contributed by atoms with E-state index in [2.05, 4.69) is 25.1 Å². The number of nitrogen functional groups attached to an aromatic ring is 1. The largest absolute Gasteiger partial charge is 0.398 e. The Morgan fingerprint density at radius 2 is 1.77 bits per heavy atom. The molecule has 2 heterocycles. The van der Waals surface area contributed by atoms with Crippen molar-refractivity contribution in [2.24, 2.45) is 0 Å². The summed E-state index contributed by atoms with van der Waals surface area (Å²) < 4.78 is 0. The molecule has 7 heteroatoms. The smallest absolute Gasteiger partial charge is 0.253 e. The van der Waals surface area contributed by atoms with Gasteiger partial charge in [-0.3, -0.25) is 9.69 Å². The number of unbranched alkanes of at least 4 members (excludes halogenated alkanes) is 1. The highest BCUT2D eigenvalue weighted by atomic mass is 16.1. The number of benzene rings is 1. The third kappa shape index (κ3) is 4.92. The number of amides is 1. The molecule has 26 heavy (non-hydrogen) atoms. The fourth-order valence-electron chi connectivity index (χ4n) is 3.09. The highest BCUT2D eigenvalue weighted by Gasteiger charge is 2.18. The Balaban J connectivity index is 1.30. The molecule has 0 radical (unpaired) electrons. The molecule has 1 aromatic carbocycles. The van der Waals surface area contributed by atoms with Gasteiger partial charge in [-0.2, -0.15) is 0 Å². The third-order valence-corrected chi connectivity index (χ3v) is 4.60. The van der Waals surface area contributed by atoms with E-state index in [4.69, 9.17) is 5.73 Å². The molecule has 0 unspecified atom stereocenters. The van der Waals surface area contributed by atoms with E-state index in [9.17, 15) is 4.79 Å². The van der Waals surface area contributed by atoms with Gasteiger partial charge >= 0.3 is 0 Å². The normalized spacial score (nSPS) is 15.0. The van der Waals surface area contributed by atoms with Crippen LogP contribution in [0.3, 0.4) is 0 Å². The van der Waals surface area contributed by atoms with E-state index in [1.807, 2.05) is 18.2 Å². The van der Waals surface area contributed by atoms with Gasteiger partial charge in [-0.05, 0) is 37.6 Å². The maximum absolute atomic E-state index is 12.1. The molecule has 0 spiro atoms. The van der Waals surface area contributed by atoms with Crippen LogP contribution in [0.5, 0.6) is 0 Å². The lowest BCUT2D eigenvalue weighted by Gasteiger charge is -2.34. The number of carbonyl (C=O) groups excluding carboxylic acids is 1. The van der Waals surface area contributed by atoms with Crippen LogP contribution >= 0.6 is 0 Å². The van der Waals surface area contributed by atoms with Crippen molar-refractivity contribution in [3.63, 3.8) is 0 Å². The zero-order chi connectivity index (χ0) is 18.2. The zero-order valence-electron chi connectivity index (χ0n) is 15.0. The SMILES string of the molecule is Nc1ccccc1C(=O)NCCCCN1CCN(c2ncccn2)CC1. The summed E-state index contributed by atoms with van der Waals surface area (Å²) in [4.78, 5) is 25.4. The van der Waals surface area contributed by atoms with E-state index in [1.54, 1.807) is 24.5 Å². The van der Waals surface area contributed by atoms with Gasteiger partial charge < -0.3 is 16.0 Å². The minimum absolute atomic E-state index is 0.0976. The second kappa shape index (κ2) is 9.15. The lowest BCUT2D eigenvalue weighted by atomic mass is 10.1. The van der Waals surface area contributed by atoms with Gasteiger partial charge in [-0.1, -0.05) is 12.1 Å². The molecule has 2 aromatic rings. The third-order valence-electron chi connectivity index (χ3n) is 4.60. The number of nitrogens with one attached hydrogen (secondary N) is 1. The highest BCUT2D eigenvalue weighted by Crippen LogP contribution is 2.11. The fourth-order valence-corrected chi connectivity index (χ4v) is 3.09. The Morgan fingerprint density at radius 1 is 1.04 bits per heavy atom. The number of hydrogen-bond acceptors (Lipinski definition) is 6. The number of anilines is 2. The second-order valence-corrected chi connectivity index (χ2v) is 6.43. The first-order chi connectivity index (χ1) is 12.7. The molecule has 7 nitrogen and oxygen atoms in total. The van der Waals surface area contributed by atoms with Gasteiger partial charge in [-0.25, -0.2) is 9.97 Å². The van der Waals surface area contributed by atoms with Crippen LogP contribution in [0.4, 0.5) is 11.6 Å². The van der Waals surface area contributed by atoms with Crippen molar-refractivity contribution >= 4 is 17.5 Å². The monoisotopic (exact) mass is 354 g/mol. The molecule has 1 aliphatic heterocycles. The van der Waals surface area contributed by atoms with Crippen LogP contribution in [0.25, 0.3) is 0 Å². The maximum atomic E-state index is 12.1. The van der Waals surface area contributed by atoms with Crippen LogP contribution < -0.4 is 16.0 Å². The summed E-state index contributed by atoms with van der Waals surface area (Å²) in [6.45, 7) is 5.66. The lowest BCUT2D eigenvalue weighted by molar-refractivity contribution is 0.0953. The summed E-state index contributed by atoms with van der Waals surface area (Å²) in [5.74, 6) is 0.717. The van der Waals surface area contributed by atoms with Crippen molar-refractivity contribution in [1.82, 2.24) is 20.2 Å². The highest BCUT2D eigenvalue weighted by molar-refractivity contribution is 5.98. The molecule has 1 aromatic heterocycles. The zero-order valence-corrected chi connectivity index (χ0v) is 15.0. The summed E-state index contributed by atoms with van der Waals surface area (Å²) in [6.07, 6.45) is 5.59. The molecule has 1 amide bonds. The van der Waals surface area contributed by atoms with E-state index in [0.717, 1.165) is 51.5 Å². The molecular formula is C19H26N6O. The number of nitrogens with zero attached hydrogens (tertiary/aromatic N) is 4. The van der Waals surface area contributed by atoms with Crippen LogP contribution in [0, 0.1) is 0 Å². The molecule has 3 rings (SSSR count). The minimum atomic E-state index is -0.0976. The van der Waals surface area contributed by atoms with Crippen molar-refractivity contribution in [2.75, 3.05) is 49.9 Å². The topological polar surface area (TPSA) is 87.4 Å². The van der Waals surface area contributed by atoms with E-state index < -0.39 is 0 Å². The number of hydrogen-bond donors (Lipinski definition) is 2. The van der Waals surface area contributed by atoms with Crippen molar-refractivity contribution in [1.29, 1.82) is 0 Å². The van der Waals surface area contributed by atoms with Crippen LogP contribution in [0.15, 0.2) is 42.7 Å². The summed E-state index contributed by atoms with van der Waals surface area (Å²) in [7, 11) is 0. The Hall–Kier alpha value is -2.67. The molecule has 0 atom stereocenters. The van der Waals surface area contributed by atoms with Gasteiger partial charge in [0.05, 0.1) is 5.56 Å². The number of carbonyl (C=O) groups is 1. The van der Waals surface area contributed by atoms with Gasteiger partial charge in [-0.15, -0.1) is 0 Å². The van der Waals surface area contributed by atoms with E-state index in [-0.39, 0.29) is 5.91 Å². The Bertz CT molecular complexity index is 700. The average molecular weight is 354 g/mol. The average Bonchev–Trinajstić information content (AvgIpc) is 2.69. The summed E-state index contributed by atoms with van der Waals surface area (Å²) in [6, 6.07) is 8.99. The van der Waals surface area contributed by atoms with Crippen LogP contribution in [-0.4, -0.2) is 60.0 Å². The van der Waals surface area contributed by atoms with Crippen LogP contribution in [-0.2, 0) is 0 Å². The number of piperazine rings is 1. The summed E-state index contributed by atoms with van der Waals surface area (Å²) in [5.41, 5.74) is 6.89. The number of aromatic nitrogens is 2. The molecule has 3 N–H and O–H groups in total. The van der Waals surface area contributed by atoms with Crippen molar-refractivity contribution < 1.29 is 4.79 Å². The van der Waals surface area contributed by atoms with Crippen molar-refractivity contribution in [2.45, 2.75) is 12.8 Å². The predicted molar refractivity (Wildman–Crippen MR) is 103 cm³/mol. The van der Waals surface area contributed by atoms with E-state index >= 15 is 0 Å². The van der Waals surface area contributed by atoms with Gasteiger partial charge in [0.25, 0.3) is 5.91 Å². The van der Waals surface area contributed by atoms with Crippen molar-refractivity contribution in [3.8, 4) is 0 Å². The molecule has 138 valence electrons. The van der Waals surface area contributed by atoms with E-state index in [0.29, 0.717) is 17.8 Å². The molecule has 1 fully saturated rings. The number of para-hydroxylation sites is 1. The van der Waals surface area contributed by atoms with Crippen LogP contribution in [0.1, 0.15) is 23.2 Å². The van der Waals surface area contributed by atoms with Crippen molar-refractivity contribution in [3.05, 3.63) is 48.3 Å². The first-order valence-corrected chi connectivity index (χ1v) is 9.11. The Morgan fingerprint density at radius 3 is 2.50 bits per heavy atom. The molecular weight excluding hydrogens is 328 g/mol. The molecule has 0 saturated carbocycles. The molecule has 1 aliphatic rings. The van der Waals surface area contributed by atoms with Gasteiger partial charge in [0, 0.05) is 50.8 Å². The van der Waals surface area contributed by atoms with Gasteiger partial charge in [0.2, 0.25) is 5.95 Å². The number of rotatable bonds is 7. The Labute approximate surface area is 154 Å². The molecule has 1 saturated heterocycles. The first kappa shape index (κ1) is 18.1. The summed E-state index contributed by atoms with van der Waals surface area (Å²) >= 11 is 0. The maximum Gasteiger partial charge on any atom is 0.253 e. The van der Waals surface area contributed by atoms with Gasteiger partial charge in [0.1, 0.15) is 0 Å². The quantitative estimate of drug-likeness (QED) is 0.577. The fraction of sp³-hybridized carbons (Fsp3) is 0.421. The first-order valence-electron chi connectivity index (χ1n) is 9.11. The van der Waals surface area contributed by atoms with E-state index in [1.165, 1.54) is 0 Å². The number of nitrogens with two attached hydrogens (primary N) is 1. The molecule has 0 aliphatic carbocycles. The second-order valence-electron chi connectivity index (χ2n) is 6.43. The standard InChI is InChI=1S/C19H26N6O/c20-17-7-2-1-6-16(17)18(26)21-8-3-4-11-24-12-14-25(15-13-24)19-22-9-5-10-23-19/h1-2,5-7,9-10H,3-4,8,11-15,20H2,(H,21,26). The predicted octanol–water partition coefficient (Wildman–Crippen LogP) is 1.39. The summed E-state index contributed by atoms with van der Waals surface area (Å²) in [5, 5.41) is 2.94. The lowest BCUT2D eigenvalue weighted by Crippen LogP contribution is -2.47. The van der Waals surface area contributed by atoms with Gasteiger partial charge in [0.15, 0.2) is 0 Å². The molecule has 0 bridgehead atoms. The Kier molecular flexibility index (Phi) is 6.38.